The molecule has 166 valence electrons. The van der Waals surface area contributed by atoms with Crippen LogP contribution in [0.15, 0.2) is 24.4 Å². The topological polar surface area (TPSA) is 97.8 Å². The first-order valence-electron chi connectivity index (χ1n) is 10.3. The Balaban J connectivity index is 1.46. The predicted octanol–water partition coefficient (Wildman–Crippen LogP) is 2.86. The van der Waals surface area contributed by atoms with Crippen LogP contribution in [-0.4, -0.2) is 67.8 Å². The summed E-state index contributed by atoms with van der Waals surface area (Å²) in [6, 6.07) is 5.73. The van der Waals surface area contributed by atoms with E-state index < -0.39 is 0 Å². The fraction of sp³-hybridized carbons (Fsp3) is 0.476. The van der Waals surface area contributed by atoms with Crippen LogP contribution in [-0.2, 0) is 14.3 Å². The van der Waals surface area contributed by atoms with Gasteiger partial charge < -0.3 is 29.7 Å². The molecule has 2 atom stereocenters. The van der Waals surface area contributed by atoms with Gasteiger partial charge in [0.1, 0.15) is 16.9 Å². The van der Waals surface area contributed by atoms with Crippen molar-refractivity contribution in [3.05, 3.63) is 35.0 Å². The molecule has 2 unspecified atom stereocenters. The zero-order valence-electron chi connectivity index (χ0n) is 17.3. The number of rotatable bonds is 8. The van der Waals surface area contributed by atoms with Gasteiger partial charge in [0.25, 0.3) is 0 Å². The summed E-state index contributed by atoms with van der Waals surface area (Å²) in [4.78, 5) is 21.6. The summed E-state index contributed by atoms with van der Waals surface area (Å²) in [7, 11) is 1.60. The Kier molecular flexibility index (Phi) is 7.06. The fourth-order valence-corrected chi connectivity index (χ4v) is 3.79. The van der Waals surface area contributed by atoms with Crippen molar-refractivity contribution < 1.29 is 19.0 Å². The van der Waals surface area contributed by atoms with Gasteiger partial charge in [0.2, 0.25) is 12.4 Å². The second kappa shape index (κ2) is 10.1. The fourth-order valence-electron chi connectivity index (χ4n) is 3.64. The quantitative estimate of drug-likeness (QED) is 0.596. The number of halogens is 1. The van der Waals surface area contributed by atoms with E-state index in [9.17, 15) is 4.79 Å². The number of aromatic nitrogens is 2. The van der Waals surface area contributed by atoms with Crippen LogP contribution in [0.2, 0.25) is 5.02 Å². The molecular formula is C21H26ClN5O4. The Morgan fingerprint density at radius 1 is 1.39 bits per heavy atom. The molecule has 0 radical (unpaired) electrons. The van der Waals surface area contributed by atoms with E-state index in [0.717, 1.165) is 38.2 Å². The van der Waals surface area contributed by atoms with Crippen LogP contribution in [0.5, 0.6) is 5.75 Å². The highest BCUT2D eigenvalue weighted by Crippen LogP contribution is 2.32. The monoisotopic (exact) mass is 447 g/mol. The Bertz CT molecular complexity index is 909. The Morgan fingerprint density at radius 2 is 2.29 bits per heavy atom. The van der Waals surface area contributed by atoms with Gasteiger partial charge in [-0.2, -0.15) is 4.98 Å². The molecule has 2 aromatic rings. The molecule has 0 saturated carbocycles. The van der Waals surface area contributed by atoms with Crippen LogP contribution in [0.4, 0.5) is 17.5 Å². The number of hydrogen-bond donors (Lipinski definition) is 2. The number of hydrogen-bond acceptors (Lipinski definition) is 8. The summed E-state index contributed by atoms with van der Waals surface area (Å²) >= 11 is 6.26. The van der Waals surface area contributed by atoms with Gasteiger partial charge in [-0.1, -0.05) is 17.7 Å². The first-order valence-corrected chi connectivity index (χ1v) is 10.6. The van der Waals surface area contributed by atoms with Crippen molar-refractivity contribution >= 4 is 35.5 Å². The molecule has 0 bridgehead atoms. The average molecular weight is 448 g/mol. The lowest BCUT2D eigenvalue weighted by Crippen LogP contribution is -2.37. The van der Waals surface area contributed by atoms with E-state index in [1.807, 2.05) is 18.2 Å². The van der Waals surface area contributed by atoms with Crippen LogP contribution in [0, 0.1) is 5.92 Å². The standard InChI is InChI=1S/C21H26ClN5O4/c1-29-18-8-15(19-11-27(13-28)5-7-31-19)2-3-17(18)25-21-24-10-16(22)20(26-21)23-9-14-4-6-30-12-14/h2-3,8,10,13-14,19H,4-7,9,11-12H2,1H3,(H2,23,24,25,26). The number of carbonyl (C=O) groups is 1. The molecule has 9 nitrogen and oxygen atoms in total. The van der Waals surface area contributed by atoms with Gasteiger partial charge in [-0.3, -0.25) is 4.79 Å². The molecule has 1 aromatic heterocycles. The molecule has 2 aliphatic heterocycles. The van der Waals surface area contributed by atoms with E-state index in [2.05, 4.69) is 20.6 Å². The van der Waals surface area contributed by atoms with Gasteiger partial charge >= 0.3 is 0 Å². The summed E-state index contributed by atoms with van der Waals surface area (Å²) in [5.74, 6) is 2.06. The van der Waals surface area contributed by atoms with Crippen molar-refractivity contribution in [1.29, 1.82) is 0 Å². The maximum absolute atomic E-state index is 11.1. The maximum atomic E-state index is 11.1. The summed E-state index contributed by atoms with van der Waals surface area (Å²) in [6.07, 6.45) is 3.25. The number of methoxy groups -OCH3 is 1. The summed E-state index contributed by atoms with van der Waals surface area (Å²) in [5.41, 5.74) is 1.65. The largest absolute Gasteiger partial charge is 0.495 e. The molecule has 4 rings (SSSR count). The number of anilines is 3. The second-order valence-electron chi connectivity index (χ2n) is 7.55. The zero-order valence-corrected chi connectivity index (χ0v) is 18.1. The van der Waals surface area contributed by atoms with Crippen LogP contribution in [0.3, 0.4) is 0 Å². The third-order valence-corrected chi connectivity index (χ3v) is 5.69. The molecule has 0 spiro atoms. The molecule has 10 heteroatoms. The first kappa shape index (κ1) is 21.6. The summed E-state index contributed by atoms with van der Waals surface area (Å²) in [5, 5.41) is 6.94. The Morgan fingerprint density at radius 3 is 3.06 bits per heavy atom. The molecule has 2 saturated heterocycles. The van der Waals surface area contributed by atoms with Crippen LogP contribution >= 0.6 is 11.6 Å². The Hall–Kier alpha value is -2.62. The molecule has 3 heterocycles. The second-order valence-corrected chi connectivity index (χ2v) is 7.95. The lowest BCUT2D eigenvalue weighted by Gasteiger charge is -2.30. The Labute approximate surface area is 186 Å². The maximum Gasteiger partial charge on any atom is 0.229 e. The highest BCUT2D eigenvalue weighted by atomic mass is 35.5. The van der Waals surface area contributed by atoms with Gasteiger partial charge in [0.15, 0.2) is 5.82 Å². The van der Waals surface area contributed by atoms with Gasteiger partial charge in [-0.15, -0.1) is 0 Å². The van der Waals surface area contributed by atoms with E-state index in [1.54, 1.807) is 18.2 Å². The molecular weight excluding hydrogens is 422 g/mol. The van der Waals surface area contributed by atoms with E-state index in [1.165, 1.54) is 0 Å². The number of morpholine rings is 1. The number of benzene rings is 1. The van der Waals surface area contributed by atoms with Crippen molar-refractivity contribution in [1.82, 2.24) is 14.9 Å². The molecule has 1 amide bonds. The highest BCUT2D eigenvalue weighted by Gasteiger charge is 2.22. The molecule has 0 aliphatic carbocycles. The minimum absolute atomic E-state index is 0.191. The van der Waals surface area contributed by atoms with E-state index in [0.29, 0.717) is 53.8 Å². The third kappa shape index (κ3) is 5.36. The normalized spacial score (nSPS) is 21.0. The van der Waals surface area contributed by atoms with Gasteiger partial charge in [0, 0.05) is 25.6 Å². The lowest BCUT2D eigenvalue weighted by atomic mass is 10.1. The SMILES string of the molecule is COc1cc(C2CN(C=O)CCO2)ccc1Nc1ncc(Cl)c(NCC2CCOC2)n1. The molecule has 31 heavy (non-hydrogen) atoms. The summed E-state index contributed by atoms with van der Waals surface area (Å²) in [6.45, 7) is 3.92. The number of nitrogens with one attached hydrogen (secondary N) is 2. The number of carbonyl (C=O) groups excluding carboxylic acids is 1. The van der Waals surface area contributed by atoms with Gasteiger partial charge in [0.05, 0.1) is 38.8 Å². The third-order valence-electron chi connectivity index (χ3n) is 5.42. The lowest BCUT2D eigenvalue weighted by molar-refractivity contribution is -0.125. The average Bonchev–Trinajstić information content (AvgIpc) is 3.33. The zero-order chi connectivity index (χ0) is 21.6. The summed E-state index contributed by atoms with van der Waals surface area (Å²) < 4.78 is 16.8. The number of amides is 1. The molecule has 1 aromatic carbocycles. The van der Waals surface area contributed by atoms with Gasteiger partial charge in [-0.05, 0) is 24.1 Å². The van der Waals surface area contributed by atoms with Crippen LogP contribution in [0.1, 0.15) is 18.1 Å². The van der Waals surface area contributed by atoms with Crippen LogP contribution < -0.4 is 15.4 Å². The van der Waals surface area contributed by atoms with Crippen molar-refractivity contribution in [3.8, 4) is 5.75 Å². The molecule has 2 aliphatic rings. The van der Waals surface area contributed by atoms with Crippen molar-refractivity contribution in [2.75, 3.05) is 57.2 Å². The van der Waals surface area contributed by atoms with E-state index in [-0.39, 0.29) is 6.10 Å². The van der Waals surface area contributed by atoms with Gasteiger partial charge in [-0.25, -0.2) is 4.98 Å². The van der Waals surface area contributed by atoms with Crippen LogP contribution in [0.25, 0.3) is 0 Å². The first-order chi connectivity index (χ1) is 15.2. The smallest absolute Gasteiger partial charge is 0.229 e. The minimum atomic E-state index is -0.191. The van der Waals surface area contributed by atoms with E-state index >= 15 is 0 Å². The minimum Gasteiger partial charge on any atom is -0.495 e. The van der Waals surface area contributed by atoms with Crippen molar-refractivity contribution in [3.63, 3.8) is 0 Å². The van der Waals surface area contributed by atoms with Crippen molar-refractivity contribution in [2.45, 2.75) is 12.5 Å². The van der Waals surface area contributed by atoms with Crippen molar-refractivity contribution in [2.24, 2.45) is 5.92 Å². The number of ether oxygens (including phenoxy) is 3. The number of nitrogens with zero attached hydrogens (tertiary/aromatic N) is 3. The molecule has 2 N–H and O–H groups in total. The van der Waals surface area contributed by atoms with E-state index in [4.69, 9.17) is 25.8 Å². The predicted molar refractivity (Wildman–Crippen MR) is 117 cm³/mol. The molecule has 2 fully saturated rings. The highest BCUT2D eigenvalue weighted by molar-refractivity contribution is 6.32.